The van der Waals surface area contributed by atoms with Crippen molar-refractivity contribution in [2.75, 3.05) is 38.0 Å². The first-order valence-electron chi connectivity index (χ1n) is 8.65. The summed E-state index contributed by atoms with van der Waals surface area (Å²) in [4.78, 5) is 31.6. The summed E-state index contributed by atoms with van der Waals surface area (Å²) in [5.41, 5.74) is 1.90. The number of amides is 2. The van der Waals surface area contributed by atoms with Gasteiger partial charge in [-0.1, -0.05) is 18.2 Å². The Morgan fingerprint density at radius 2 is 1.88 bits per heavy atom. The summed E-state index contributed by atoms with van der Waals surface area (Å²) in [5, 5.41) is 13.3. The molecule has 0 aliphatic carbocycles. The highest BCUT2D eigenvalue weighted by molar-refractivity contribution is 5.92. The summed E-state index contributed by atoms with van der Waals surface area (Å²) in [5.74, 6) is 0.121. The van der Waals surface area contributed by atoms with E-state index in [9.17, 15) is 9.59 Å². The Hall–Kier alpha value is -3.14. The van der Waals surface area contributed by atoms with Crippen LogP contribution in [0.3, 0.4) is 0 Å². The molecule has 0 spiro atoms. The van der Waals surface area contributed by atoms with Gasteiger partial charge in [-0.15, -0.1) is 0 Å². The van der Waals surface area contributed by atoms with Crippen LogP contribution in [0.4, 0.5) is 5.69 Å². The van der Waals surface area contributed by atoms with Crippen LogP contribution in [0.1, 0.15) is 19.0 Å². The van der Waals surface area contributed by atoms with E-state index in [1.807, 2.05) is 24.3 Å². The standard InChI is InChI=1S/C19H21N5O2/c1-14(25)23-8-10-24(11-9-23)19(26)6-7-21-18-12-15(13-20)22-17-5-3-2-4-16(17)18/h2-5,12H,6-11H2,1H3,(H,21,22). The first-order chi connectivity index (χ1) is 12.6. The van der Waals surface area contributed by atoms with Gasteiger partial charge in [0.15, 0.2) is 0 Å². The topological polar surface area (TPSA) is 89.3 Å². The number of para-hydroxylation sites is 1. The van der Waals surface area contributed by atoms with Gasteiger partial charge in [0.2, 0.25) is 11.8 Å². The second kappa shape index (κ2) is 7.83. The van der Waals surface area contributed by atoms with Gasteiger partial charge in [0.1, 0.15) is 11.8 Å². The Balaban J connectivity index is 1.58. The molecular weight excluding hydrogens is 330 g/mol. The first-order valence-corrected chi connectivity index (χ1v) is 8.65. The molecule has 26 heavy (non-hydrogen) atoms. The molecule has 2 aromatic rings. The van der Waals surface area contributed by atoms with Crippen molar-refractivity contribution in [1.82, 2.24) is 14.8 Å². The van der Waals surface area contributed by atoms with Crippen molar-refractivity contribution in [3.8, 4) is 6.07 Å². The van der Waals surface area contributed by atoms with Gasteiger partial charge in [0, 0.05) is 57.1 Å². The summed E-state index contributed by atoms with van der Waals surface area (Å²) >= 11 is 0. The van der Waals surface area contributed by atoms with Gasteiger partial charge in [-0.2, -0.15) is 5.26 Å². The molecule has 7 heteroatoms. The molecule has 0 atom stereocenters. The number of benzene rings is 1. The average molecular weight is 351 g/mol. The highest BCUT2D eigenvalue weighted by Crippen LogP contribution is 2.22. The normalized spacial score (nSPS) is 14.2. The SMILES string of the molecule is CC(=O)N1CCN(C(=O)CCNc2cc(C#N)nc3ccccc23)CC1. The van der Waals surface area contributed by atoms with Crippen LogP contribution in [0.2, 0.25) is 0 Å². The van der Waals surface area contributed by atoms with Crippen molar-refractivity contribution < 1.29 is 9.59 Å². The fraction of sp³-hybridized carbons (Fsp3) is 0.368. The third kappa shape index (κ3) is 3.91. The molecule has 1 aliphatic rings. The zero-order valence-corrected chi connectivity index (χ0v) is 14.7. The Labute approximate surface area is 152 Å². The van der Waals surface area contributed by atoms with Gasteiger partial charge in [0.05, 0.1) is 5.52 Å². The van der Waals surface area contributed by atoms with Crippen LogP contribution in [0.15, 0.2) is 30.3 Å². The maximum Gasteiger partial charge on any atom is 0.224 e. The summed E-state index contributed by atoms with van der Waals surface area (Å²) in [6.45, 7) is 4.37. The molecule has 134 valence electrons. The molecule has 7 nitrogen and oxygen atoms in total. The molecule has 1 N–H and O–H groups in total. The van der Waals surface area contributed by atoms with Crippen molar-refractivity contribution >= 4 is 28.4 Å². The number of carbonyl (C=O) groups excluding carboxylic acids is 2. The summed E-state index contributed by atoms with van der Waals surface area (Å²) < 4.78 is 0. The Kier molecular flexibility index (Phi) is 5.32. The van der Waals surface area contributed by atoms with E-state index < -0.39 is 0 Å². The first kappa shape index (κ1) is 17.7. The minimum atomic E-state index is 0.0524. The fourth-order valence-electron chi connectivity index (χ4n) is 3.11. The van der Waals surface area contributed by atoms with Crippen molar-refractivity contribution in [3.63, 3.8) is 0 Å². The molecule has 1 aliphatic heterocycles. The lowest BCUT2D eigenvalue weighted by atomic mass is 10.1. The monoisotopic (exact) mass is 351 g/mol. The minimum Gasteiger partial charge on any atom is -0.384 e. The van der Waals surface area contributed by atoms with Gasteiger partial charge < -0.3 is 15.1 Å². The van der Waals surface area contributed by atoms with Crippen LogP contribution in [0.25, 0.3) is 10.9 Å². The fourth-order valence-corrected chi connectivity index (χ4v) is 3.11. The van der Waals surface area contributed by atoms with Crippen LogP contribution < -0.4 is 5.32 Å². The van der Waals surface area contributed by atoms with E-state index in [-0.39, 0.29) is 11.8 Å². The molecule has 0 saturated carbocycles. The largest absolute Gasteiger partial charge is 0.384 e. The molecule has 1 fully saturated rings. The van der Waals surface area contributed by atoms with E-state index >= 15 is 0 Å². The summed E-state index contributed by atoms with van der Waals surface area (Å²) in [6.07, 6.45) is 0.360. The summed E-state index contributed by atoms with van der Waals surface area (Å²) in [7, 11) is 0. The number of aromatic nitrogens is 1. The molecule has 2 amide bonds. The van der Waals surface area contributed by atoms with Gasteiger partial charge in [-0.25, -0.2) is 4.98 Å². The smallest absolute Gasteiger partial charge is 0.224 e. The molecule has 1 aromatic heterocycles. The number of fused-ring (bicyclic) bond motifs is 1. The van der Waals surface area contributed by atoms with Gasteiger partial charge in [0.25, 0.3) is 0 Å². The van der Waals surface area contributed by atoms with Crippen molar-refractivity contribution in [1.29, 1.82) is 5.26 Å². The molecule has 1 aromatic carbocycles. The number of carbonyl (C=O) groups is 2. The molecule has 0 unspecified atom stereocenters. The molecule has 0 bridgehead atoms. The van der Waals surface area contributed by atoms with E-state index in [0.717, 1.165) is 16.6 Å². The lowest BCUT2D eigenvalue weighted by Gasteiger charge is -2.34. The molecular formula is C19H21N5O2. The molecule has 2 heterocycles. The Morgan fingerprint density at radius 3 is 2.58 bits per heavy atom. The van der Waals surface area contributed by atoms with Crippen molar-refractivity contribution in [3.05, 3.63) is 36.0 Å². The zero-order chi connectivity index (χ0) is 18.5. The molecule has 1 saturated heterocycles. The van der Waals surface area contributed by atoms with Crippen LogP contribution in [-0.2, 0) is 9.59 Å². The second-order valence-corrected chi connectivity index (χ2v) is 6.25. The zero-order valence-electron chi connectivity index (χ0n) is 14.7. The van der Waals surface area contributed by atoms with E-state index in [1.54, 1.807) is 22.8 Å². The Bertz CT molecular complexity index is 866. The number of rotatable bonds is 4. The lowest BCUT2D eigenvalue weighted by Crippen LogP contribution is -2.50. The third-order valence-electron chi connectivity index (χ3n) is 4.56. The van der Waals surface area contributed by atoms with Crippen molar-refractivity contribution in [2.24, 2.45) is 0 Å². The number of hydrogen-bond donors (Lipinski definition) is 1. The van der Waals surface area contributed by atoms with Crippen LogP contribution in [0, 0.1) is 11.3 Å². The number of nitriles is 1. The van der Waals surface area contributed by atoms with Gasteiger partial charge in [-0.05, 0) is 12.1 Å². The van der Waals surface area contributed by atoms with E-state index in [4.69, 9.17) is 5.26 Å². The predicted molar refractivity (Wildman–Crippen MR) is 98.4 cm³/mol. The average Bonchev–Trinajstić information content (AvgIpc) is 2.67. The van der Waals surface area contributed by atoms with E-state index in [2.05, 4.69) is 16.4 Å². The number of piperazine rings is 1. The molecule has 3 rings (SSSR count). The highest BCUT2D eigenvalue weighted by Gasteiger charge is 2.21. The van der Waals surface area contributed by atoms with E-state index in [1.165, 1.54) is 0 Å². The Morgan fingerprint density at radius 1 is 1.19 bits per heavy atom. The van der Waals surface area contributed by atoms with Gasteiger partial charge >= 0.3 is 0 Å². The number of pyridine rings is 1. The highest BCUT2D eigenvalue weighted by atomic mass is 16.2. The number of anilines is 1. The van der Waals surface area contributed by atoms with Gasteiger partial charge in [-0.3, -0.25) is 9.59 Å². The van der Waals surface area contributed by atoms with E-state index in [0.29, 0.717) is 44.8 Å². The maximum atomic E-state index is 12.4. The van der Waals surface area contributed by atoms with Crippen molar-refractivity contribution in [2.45, 2.75) is 13.3 Å². The number of hydrogen-bond acceptors (Lipinski definition) is 5. The van der Waals surface area contributed by atoms with Crippen LogP contribution in [-0.4, -0.2) is 59.3 Å². The van der Waals surface area contributed by atoms with Crippen LogP contribution in [0.5, 0.6) is 0 Å². The number of nitrogens with zero attached hydrogens (tertiary/aromatic N) is 4. The maximum absolute atomic E-state index is 12.4. The number of nitrogens with one attached hydrogen (secondary N) is 1. The lowest BCUT2D eigenvalue weighted by molar-refractivity contribution is -0.138. The molecule has 0 radical (unpaired) electrons. The predicted octanol–water partition coefficient (Wildman–Crippen LogP) is 1.60. The second-order valence-electron chi connectivity index (χ2n) is 6.25. The summed E-state index contributed by atoms with van der Waals surface area (Å²) in [6, 6.07) is 11.4. The quantitative estimate of drug-likeness (QED) is 0.904. The third-order valence-corrected chi connectivity index (χ3v) is 4.56. The minimum absolute atomic E-state index is 0.0524. The van der Waals surface area contributed by atoms with Crippen LogP contribution >= 0.6 is 0 Å².